The average Bonchev–Trinajstić information content (AvgIpc) is 2.04. The number of aromatic hydroxyl groups is 1. The monoisotopic (exact) mass is 179 g/mol. The van der Waals surface area contributed by atoms with Crippen LogP contribution in [0.2, 0.25) is 0 Å². The van der Waals surface area contributed by atoms with E-state index in [9.17, 15) is 5.11 Å². The van der Waals surface area contributed by atoms with Gasteiger partial charge in [-0.15, -0.1) is 0 Å². The molecule has 1 rings (SSSR count). The van der Waals surface area contributed by atoms with Crippen LogP contribution in [0, 0.1) is 5.92 Å². The predicted octanol–water partition coefficient (Wildman–Crippen LogP) is 2.22. The first-order valence-electron chi connectivity index (χ1n) is 4.53. The number of rotatable bonds is 2. The molecule has 13 heavy (non-hydrogen) atoms. The molecule has 2 nitrogen and oxygen atoms in total. The van der Waals surface area contributed by atoms with Crippen molar-refractivity contribution in [3.05, 3.63) is 29.8 Å². The number of phenolic OH excluding ortho intramolecular Hbond substituents is 1. The summed E-state index contributed by atoms with van der Waals surface area (Å²) in [5.41, 5.74) is 6.74. The van der Waals surface area contributed by atoms with Crippen LogP contribution >= 0.6 is 0 Å². The lowest BCUT2D eigenvalue weighted by Crippen LogP contribution is -2.38. The molecule has 0 saturated heterocycles. The van der Waals surface area contributed by atoms with Crippen molar-refractivity contribution in [2.24, 2.45) is 11.7 Å². The van der Waals surface area contributed by atoms with Crippen LogP contribution in [0.1, 0.15) is 26.3 Å². The third kappa shape index (κ3) is 2.01. The highest BCUT2D eigenvalue weighted by molar-refractivity contribution is 5.32. The van der Waals surface area contributed by atoms with Crippen LogP contribution in [0.4, 0.5) is 0 Å². The highest BCUT2D eigenvalue weighted by atomic mass is 16.3. The Kier molecular flexibility index (Phi) is 2.62. The lowest BCUT2D eigenvalue weighted by atomic mass is 9.83. The van der Waals surface area contributed by atoms with Gasteiger partial charge in [0.15, 0.2) is 0 Å². The topological polar surface area (TPSA) is 46.2 Å². The average molecular weight is 179 g/mol. The lowest BCUT2D eigenvalue weighted by Gasteiger charge is -2.29. The predicted molar refractivity (Wildman–Crippen MR) is 54.5 cm³/mol. The number of phenols is 1. The SMILES string of the molecule is CC(C)C(C)(N)c1cccc(O)c1. The van der Waals surface area contributed by atoms with Crippen LogP contribution in [0.25, 0.3) is 0 Å². The molecule has 0 fully saturated rings. The van der Waals surface area contributed by atoms with Crippen LogP contribution in [0.15, 0.2) is 24.3 Å². The number of nitrogens with two attached hydrogens (primary N) is 1. The molecule has 72 valence electrons. The Morgan fingerprint density at radius 1 is 1.38 bits per heavy atom. The zero-order valence-corrected chi connectivity index (χ0v) is 8.41. The molecular formula is C11H17NO. The van der Waals surface area contributed by atoms with E-state index < -0.39 is 0 Å². The minimum Gasteiger partial charge on any atom is -0.508 e. The first-order chi connectivity index (χ1) is 5.94. The molecule has 0 aliphatic carbocycles. The fourth-order valence-corrected chi connectivity index (χ4v) is 1.17. The van der Waals surface area contributed by atoms with Crippen LogP contribution < -0.4 is 5.73 Å². The maximum Gasteiger partial charge on any atom is 0.115 e. The van der Waals surface area contributed by atoms with E-state index in [2.05, 4.69) is 13.8 Å². The summed E-state index contributed by atoms with van der Waals surface area (Å²) in [5, 5.41) is 9.30. The minimum atomic E-state index is -0.376. The van der Waals surface area contributed by atoms with E-state index in [4.69, 9.17) is 5.73 Å². The van der Waals surface area contributed by atoms with E-state index in [1.165, 1.54) is 0 Å². The first-order valence-corrected chi connectivity index (χ1v) is 4.53. The Labute approximate surface area is 79.4 Å². The van der Waals surface area contributed by atoms with Gasteiger partial charge in [0.05, 0.1) is 0 Å². The van der Waals surface area contributed by atoms with Crippen molar-refractivity contribution in [1.82, 2.24) is 0 Å². The van der Waals surface area contributed by atoms with Crippen molar-refractivity contribution in [1.29, 1.82) is 0 Å². The molecule has 0 heterocycles. The second-order valence-corrected chi connectivity index (χ2v) is 3.99. The van der Waals surface area contributed by atoms with E-state index >= 15 is 0 Å². The molecule has 0 aliphatic rings. The highest BCUT2D eigenvalue weighted by Gasteiger charge is 2.25. The smallest absolute Gasteiger partial charge is 0.115 e. The van der Waals surface area contributed by atoms with Gasteiger partial charge in [-0.05, 0) is 30.5 Å². The van der Waals surface area contributed by atoms with Gasteiger partial charge < -0.3 is 10.8 Å². The standard InChI is InChI=1S/C11H17NO/c1-8(2)11(3,12)9-5-4-6-10(13)7-9/h4-8,13H,12H2,1-3H3. The lowest BCUT2D eigenvalue weighted by molar-refractivity contribution is 0.348. The maximum atomic E-state index is 9.30. The second-order valence-electron chi connectivity index (χ2n) is 3.99. The van der Waals surface area contributed by atoms with E-state index in [0.717, 1.165) is 5.56 Å². The van der Waals surface area contributed by atoms with E-state index in [1.807, 2.05) is 19.1 Å². The van der Waals surface area contributed by atoms with Crippen molar-refractivity contribution in [2.75, 3.05) is 0 Å². The molecule has 0 aliphatic heterocycles. The van der Waals surface area contributed by atoms with Crippen molar-refractivity contribution in [2.45, 2.75) is 26.3 Å². The van der Waals surface area contributed by atoms with E-state index in [1.54, 1.807) is 12.1 Å². The van der Waals surface area contributed by atoms with E-state index in [-0.39, 0.29) is 11.3 Å². The Balaban J connectivity index is 3.07. The van der Waals surface area contributed by atoms with Gasteiger partial charge in [0.25, 0.3) is 0 Å². The maximum absolute atomic E-state index is 9.30. The summed E-state index contributed by atoms with van der Waals surface area (Å²) in [6.45, 7) is 6.13. The number of benzene rings is 1. The Bertz CT molecular complexity index is 292. The van der Waals surface area contributed by atoms with Crippen molar-refractivity contribution in [3.8, 4) is 5.75 Å². The molecule has 2 heteroatoms. The zero-order chi connectivity index (χ0) is 10.1. The number of hydrogen-bond acceptors (Lipinski definition) is 2. The second kappa shape index (κ2) is 3.38. The van der Waals surface area contributed by atoms with Gasteiger partial charge in [0, 0.05) is 5.54 Å². The normalized spacial score (nSPS) is 15.8. The fraction of sp³-hybridized carbons (Fsp3) is 0.455. The van der Waals surface area contributed by atoms with Gasteiger partial charge >= 0.3 is 0 Å². The summed E-state index contributed by atoms with van der Waals surface area (Å²) < 4.78 is 0. The van der Waals surface area contributed by atoms with Gasteiger partial charge in [-0.3, -0.25) is 0 Å². The zero-order valence-electron chi connectivity index (χ0n) is 8.41. The van der Waals surface area contributed by atoms with Crippen LogP contribution in [0.5, 0.6) is 5.75 Å². The van der Waals surface area contributed by atoms with Crippen molar-refractivity contribution in [3.63, 3.8) is 0 Å². The van der Waals surface area contributed by atoms with Crippen molar-refractivity contribution >= 4 is 0 Å². The Morgan fingerprint density at radius 2 is 2.00 bits per heavy atom. The molecule has 0 radical (unpaired) electrons. The van der Waals surface area contributed by atoms with Gasteiger partial charge in [0.2, 0.25) is 0 Å². The van der Waals surface area contributed by atoms with Crippen molar-refractivity contribution < 1.29 is 5.11 Å². The quantitative estimate of drug-likeness (QED) is 0.731. The molecule has 0 saturated carbocycles. The first kappa shape index (κ1) is 10.1. The van der Waals surface area contributed by atoms with Gasteiger partial charge in [-0.25, -0.2) is 0 Å². The summed E-state index contributed by atoms with van der Waals surface area (Å²) in [4.78, 5) is 0. The van der Waals surface area contributed by atoms with Crippen LogP contribution in [-0.2, 0) is 5.54 Å². The molecule has 3 N–H and O–H groups in total. The van der Waals surface area contributed by atoms with Crippen LogP contribution in [-0.4, -0.2) is 5.11 Å². The molecule has 1 atom stereocenters. The van der Waals surface area contributed by atoms with Gasteiger partial charge in [0.1, 0.15) is 5.75 Å². The van der Waals surface area contributed by atoms with E-state index in [0.29, 0.717) is 5.92 Å². The molecule has 0 amide bonds. The molecule has 1 aromatic rings. The minimum absolute atomic E-state index is 0.273. The molecule has 0 aromatic heterocycles. The Morgan fingerprint density at radius 3 is 2.46 bits per heavy atom. The molecular weight excluding hydrogens is 162 g/mol. The summed E-state index contributed by atoms with van der Waals surface area (Å²) in [7, 11) is 0. The summed E-state index contributed by atoms with van der Waals surface area (Å²) >= 11 is 0. The number of hydrogen-bond donors (Lipinski definition) is 2. The molecule has 1 aromatic carbocycles. The summed E-state index contributed by atoms with van der Waals surface area (Å²) in [5.74, 6) is 0.615. The fourth-order valence-electron chi connectivity index (χ4n) is 1.17. The summed E-state index contributed by atoms with van der Waals surface area (Å²) in [6.07, 6.45) is 0. The van der Waals surface area contributed by atoms with Gasteiger partial charge in [-0.2, -0.15) is 0 Å². The summed E-state index contributed by atoms with van der Waals surface area (Å²) in [6, 6.07) is 7.14. The largest absolute Gasteiger partial charge is 0.508 e. The third-order valence-corrected chi connectivity index (χ3v) is 2.67. The third-order valence-electron chi connectivity index (χ3n) is 2.67. The molecule has 0 spiro atoms. The molecule has 0 bridgehead atoms. The van der Waals surface area contributed by atoms with Crippen LogP contribution in [0.3, 0.4) is 0 Å². The molecule has 1 unspecified atom stereocenters. The van der Waals surface area contributed by atoms with Gasteiger partial charge in [-0.1, -0.05) is 26.0 Å². The highest BCUT2D eigenvalue weighted by Crippen LogP contribution is 2.27. The Hall–Kier alpha value is -1.02.